The molecule has 0 fully saturated rings. The van der Waals surface area contributed by atoms with Crippen LogP contribution < -0.4 is 4.90 Å². The Balaban J connectivity index is 1.02. The number of anilines is 3. The molecule has 8 aromatic carbocycles. The summed E-state index contributed by atoms with van der Waals surface area (Å²) < 4.78 is 0. The molecule has 0 amide bonds. The predicted molar refractivity (Wildman–Crippen MR) is 254 cm³/mol. The fourth-order valence-electron chi connectivity index (χ4n) is 10.9. The van der Waals surface area contributed by atoms with E-state index in [2.05, 4.69) is 195 Å². The Kier molecular flexibility index (Phi) is 9.15. The van der Waals surface area contributed by atoms with E-state index in [0.717, 1.165) is 31.4 Å². The Morgan fingerprint density at radius 3 is 1.20 bits per heavy atom. The molecule has 0 N–H and O–H groups in total. The van der Waals surface area contributed by atoms with Gasteiger partial charge in [0.25, 0.3) is 0 Å². The van der Waals surface area contributed by atoms with E-state index in [4.69, 9.17) is 0 Å². The first-order valence-electron chi connectivity index (χ1n) is 22.2. The highest BCUT2D eigenvalue weighted by Crippen LogP contribution is 2.51. The molecule has 1 heteroatoms. The molecule has 0 saturated carbocycles. The fourth-order valence-corrected chi connectivity index (χ4v) is 10.9. The molecule has 60 heavy (non-hydrogen) atoms. The lowest BCUT2D eigenvalue weighted by Crippen LogP contribution is -2.16. The van der Waals surface area contributed by atoms with Gasteiger partial charge in [0.05, 0.1) is 0 Å². The summed E-state index contributed by atoms with van der Waals surface area (Å²) in [6.45, 7) is 4.75. The largest absolute Gasteiger partial charge is 0.310 e. The van der Waals surface area contributed by atoms with E-state index in [1.807, 2.05) is 0 Å². The van der Waals surface area contributed by atoms with Crippen LogP contribution in [0.3, 0.4) is 0 Å². The summed E-state index contributed by atoms with van der Waals surface area (Å²) in [7, 11) is 0. The zero-order chi connectivity index (χ0) is 40.2. The minimum absolute atomic E-state index is 0.0804. The van der Waals surface area contributed by atoms with Gasteiger partial charge in [0.15, 0.2) is 0 Å². The van der Waals surface area contributed by atoms with Crippen LogP contribution in [0.5, 0.6) is 0 Å². The van der Waals surface area contributed by atoms with Crippen LogP contribution in [0, 0.1) is 0 Å². The van der Waals surface area contributed by atoms with Crippen molar-refractivity contribution in [2.75, 3.05) is 4.90 Å². The molecule has 3 aliphatic carbocycles. The van der Waals surface area contributed by atoms with Crippen LogP contribution in [0.15, 0.2) is 176 Å². The van der Waals surface area contributed by atoms with Crippen molar-refractivity contribution in [3.8, 4) is 55.6 Å². The molecule has 292 valence electrons. The second-order valence-electron chi connectivity index (χ2n) is 17.7. The maximum atomic E-state index is 2.46. The van der Waals surface area contributed by atoms with Crippen LogP contribution in [0.2, 0.25) is 0 Å². The average molecular weight is 774 g/mol. The number of fused-ring (bicyclic) bond motifs is 5. The lowest BCUT2D eigenvalue weighted by molar-refractivity contribution is 0.660. The molecule has 0 heterocycles. The highest BCUT2D eigenvalue weighted by atomic mass is 15.1. The summed E-state index contributed by atoms with van der Waals surface area (Å²) in [6, 6.07) is 65.8. The maximum Gasteiger partial charge on any atom is 0.0465 e. The van der Waals surface area contributed by atoms with E-state index >= 15 is 0 Å². The highest BCUT2D eigenvalue weighted by molar-refractivity contribution is 5.88. The normalized spacial score (nSPS) is 14.8. The van der Waals surface area contributed by atoms with Crippen molar-refractivity contribution in [2.24, 2.45) is 0 Å². The summed E-state index contributed by atoms with van der Waals surface area (Å²) in [5, 5.41) is 0. The van der Waals surface area contributed by atoms with E-state index in [1.165, 1.54) is 98.3 Å². The molecule has 0 aromatic heterocycles. The van der Waals surface area contributed by atoms with Crippen molar-refractivity contribution in [3.63, 3.8) is 0 Å². The summed E-state index contributed by atoms with van der Waals surface area (Å²) in [4.78, 5) is 2.46. The first kappa shape index (κ1) is 36.6. The molecular formula is C59H51N. The third kappa shape index (κ3) is 6.22. The quantitative estimate of drug-likeness (QED) is 0.156. The monoisotopic (exact) mass is 773 g/mol. The molecule has 0 spiro atoms. The Morgan fingerprint density at radius 2 is 0.700 bits per heavy atom. The van der Waals surface area contributed by atoms with Crippen LogP contribution in [0.25, 0.3) is 55.6 Å². The molecule has 0 saturated heterocycles. The van der Waals surface area contributed by atoms with Crippen molar-refractivity contribution in [1.29, 1.82) is 0 Å². The van der Waals surface area contributed by atoms with Crippen molar-refractivity contribution < 1.29 is 0 Å². The first-order chi connectivity index (χ1) is 29.5. The van der Waals surface area contributed by atoms with Gasteiger partial charge < -0.3 is 4.90 Å². The van der Waals surface area contributed by atoms with E-state index in [-0.39, 0.29) is 5.41 Å². The lowest BCUT2D eigenvalue weighted by atomic mass is 9.73. The van der Waals surface area contributed by atoms with Gasteiger partial charge >= 0.3 is 0 Å². The van der Waals surface area contributed by atoms with Gasteiger partial charge in [-0.1, -0.05) is 153 Å². The number of rotatable bonds is 7. The Hall–Kier alpha value is -6.44. The third-order valence-corrected chi connectivity index (χ3v) is 13.9. The topological polar surface area (TPSA) is 3.24 Å². The molecular weight excluding hydrogens is 723 g/mol. The zero-order valence-corrected chi connectivity index (χ0v) is 34.8. The maximum absolute atomic E-state index is 2.46. The third-order valence-electron chi connectivity index (χ3n) is 13.9. The molecule has 0 aliphatic heterocycles. The van der Waals surface area contributed by atoms with Gasteiger partial charge in [-0.2, -0.15) is 0 Å². The van der Waals surface area contributed by atoms with E-state index in [9.17, 15) is 0 Å². The molecule has 8 aromatic rings. The zero-order valence-electron chi connectivity index (χ0n) is 34.8. The average Bonchev–Trinajstić information content (AvgIpc) is 3.54. The molecule has 0 unspecified atom stereocenters. The van der Waals surface area contributed by atoms with Crippen LogP contribution in [-0.4, -0.2) is 0 Å². The SMILES string of the molecule is CC1(C)c2ccccc2-c2ccc(N(c3ccc(-c4ccccc4)cc3)c3ccc(-c4c5c(c(-c6ccc(-c7ccccc7)cc6)c6c4CCCC6)CCCC5)cc3)cc21. The lowest BCUT2D eigenvalue weighted by Gasteiger charge is -2.32. The smallest absolute Gasteiger partial charge is 0.0465 e. The van der Waals surface area contributed by atoms with Crippen LogP contribution in [0.4, 0.5) is 17.1 Å². The number of hydrogen-bond donors (Lipinski definition) is 0. The molecule has 11 rings (SSSR count). The van der Waals surface area contributed by atoms with Gasteiger partial charge in [-0.05, 0) is 177 Å². The van der Waals surface area contributed by atoms with Gasteiger partial charge in [-0.25, -0.2) is 0 Å². The van der Waals surface area contributed by atoms with Crippen molar-refractivity contribution in [3.05, 3.63) is 209 Å². The molecule has 0 bridgehead atoms. The first-order valence-corrected chi connectivity index (χ1v) is 22.2. The fraction of sp³-hybridized carbons (Fsp3) is 0.186. The highest BCUT2D eigenvalue weighted by Gasteiger charge is 2.36. The van der Waals surface area contributed by atoms with E-state index in [0.29, 0.717) is 0 Å². The summed E-state index contributed by atoms with van der Waals surface area (Å²) in [6.07, 6.45) is 9.68. The Morgan fingerprint density at radius 1 is 0.333 bits per heavy atom. The second-order valence-corrected chi connectivity index (χ2v) is 17.7. The number of nitrogens with zero attached hydrogens (tertiary/aromatic N) is 1. The second kappa shape index (κ2) is 15.0. The molecule has 0 atom stereocenters. The van der Waals surface area contributed by atoms with Crippen LogP contribution in [0.1, 0.15) is 72.9 Å². The Labute approximate surface area is 356 Å². The minimum atomic E-state index is -0.0804. The summed E-state index contributed by atoms with van der Waals surface area (Å²) in [5.41, 5.74) is 26.2. The van der Waals surface area contributed by atoms with Crippen molar-refractivity contribution >= 4 is 17.1 Å². The van der Waals surface area contributed by atoms with Gasteiger partial charge in [0.1, 0.15) is 0 Å². The van der Waals surface area contributed by atoms with Crippen LogP contribution >= 0.6 is 0 Å². The van der Waals surface area contributed by atoms with Gasteiger partial charge in [-0.3, -0.25) is 0 Å². The minimum Gasteiger partial charge on any atom is -0.310 e. The number of hydrogen-bond acceptors (Lipinski definition) is 1. The number of benzene rings is 8. The van der Waals surface area contributed by atoms with Crippen LogP contribution in [-0.2, 0) is 31.1 Å². The standard InChI is InChI=1S/C59H51N/c1-59(2)55-24-14-13-19-49(55)50-38-37-48(39-56(50)59)60(46-33-29-43(30-34-46)41-17-7-4-8-18-41)47-35-31-45(32-36-47)58-53-22-11-9-20-51(53)57(52-21-10-12-23-54(52)58)44-27-25-42(26-28-44)40-15-5-3-6-16-40/h3-8,13-19,24-39H,9-12,20-23H2,1-2H3. The summed E-state index contributed by atoms with van der Waals surface area (Å²) in [5.74, 6) is 0. The molecule has 1 nitrogen and oxygen atoms in total. The van der Waals surface area contributed by atoms with E-state index in [1.54, 1.807) is 27.8 Å². The molecule has 3 aliphatic rings. The van der Waals surface area contributed by atoms with Crippen molar-refractivity contribution in [2.45, 2.75) is 70.6 Å². The van der Waals surface area contributed by atoms with Gasteiger partial charge in [0, 0.05) is 22.5 Å². The molecule has 0 radical (unpaired) electrons. The van der Waals surface area contributed by atoms with E-state index < -0.39 is 0 Å². The Bertz CT molecular complexity index is 2810. The van der Waals surface area contributed by atoms with Crippen molar-refractivity contribution in [1.82, 2.24) is 0 Å². The predicted octanol–water partition coefficient (Wildman–Crippen LogP) is 15.9. The van der Waals surface area contributed by atoms with Gasteiger partial charge in [0.2, 0.25) is 0 Å². The summed E-state index contributed by atoms with van der Waals surface area (Å²) >= 11 is 0. The van der Waals surface area contributed by atoms with Gasteiger partial charge in [-0.15, -0.1) is 0 Å².